The topological polar surface area (TPSA) is 0 Å². The molecule has 0 amide bonds. The third-order valence-corrected chi connectivity index (χ3v) is 4.53. The van der Waals surface area contributed by atoms with Crippen LogP contribution in [0.5, 0.6) is 0 Å². The van der Waals surface area contributed by atoms with Crippen molar-refractivity contribution in [3.8, 4) is 23.7 Å². The van der Waals surface area contributed by atoms with Crippen LogP contribution in [0.25, 0.3) is 0 Å². The van der Waals surface area contributed by atoms with E-state index in [1.54, 1.807) is 0 Å². The van der Waals surface area contributed by atoms with Gasteiger partial charge < -0.3 is 0 Å². The molecule has 0 heterocycles. The molecular formula is C26H15F7. The summed E-state index contributed by atoms with van der Waals surface area (Å²) in [6.07, 6.45) is -3.85. The van der Waals surface area contributed by atoms with Crippen LogP contribution in [0.15, 0.2) is 48.5 Å². The molecule has 0 aliphatic carbocycles. The number of hydrogen-bond donors (Lipinski definition) is 0. The van der Waals surface area contributed by atoms with E-state index in [9.17, 15) is 30.7 Å². The van der Waals surface area contributed by atoms with Crippen molar-refractivity contribution in [1.82, 2.24) is 0 Å². The Hall–Kier alpha value is -3.71. The van der Waals surface area contributed by atoms with E-state index in [2.05, 4.69) is 23.7 Å². The number of alkyl halides is 3. The SMILES string of the molecule is CCCc1cc(F)c(C#Cc2ccc(C#Cc3cc(F)c(C(F)(F)F)c(F)c3)cc2)c(F)c1. The lowest BCUT2D eigenvalue weighted by atomic mass is 10.1. The second kappa shape index (κ2) is 9.83. The van der Waals surface area contributed by atoms with Gasteiger partial charge in [-0.2, -0.15) is 13.2 Å². The molecule has 0 saturated heterocycles. The standard InChI is InChI=1S/C26H15F7/c1-2-3-18-12-21(27)20(22(28)13-18)11-10-17-6-4-16(5-7-17)8-9-19-14-23(29)25(24(30)15-19)26(31,32)33/h4-7,12-15H,2-3H2,1H3. The molecule has 0 bridgehead atoms. The molecular weight excluding hydrogens is 445 g/mol. The fourth-order valence-corrected chi connectivity index (χ4v) is 3.01. The number of benzene rings is 3. The first-order valence-electron chi connectivity index (χ1n) is 9.76. The van der Waals surface area contributed by atoms with Gasteiger partial charge in [-0.15, -0.1) is 0 Å². The fourth-order valence-electron chi connectivity index (χ4n) is 3.01. The lowest BCUT2D eigenvalue weighted by molar-refractivity contribution is -0.142. The van der Waals surface area contributed by atoms with Crippen molar-refractivity contribution in [2.75, 3.05) is 0 Å². The van der Waals surface area contributed by atoms with E-state index >= 15 is 0 Å². The maximum atomic E-state index is 14.1. The van der Waals surface area contributed by atoms with E-state index in [0.717, 1.165) is 6.42 Å². The Balaban J connectivity index is 1.80. The number of rotatable bonds is 2. The zero-order valence-electron chi connectivity index (χ0n) is 17.2. The average molecular weight is 460 g/mol. The average Bonchev–Trinajstić information content (AvgIpc) is 2.71. The monoisotopic (exact) mass is 460 g/mol. The second-order valence-corrected chi connectivity index (χ2v) is 7.07. The second-order valence-electron chi connectivity index (χ2n) is 7.07. The Kier molecular flexibility index (Phi) is 7.13. The van der Waals surface area contributed by atoms with Crippen molar-refractivity contribution < 1.29 is 30.7 Å². The molecule has 0 N–H and O–H groups in total. The molecule has 0 aliphatic heterocycles. The van der Waals surface area contributed by atoms with Crippen molar-refractivity contribution >= 4 is 0 Å². The first-order chi connectivity index (χ1) is 15.6. The van der Waals surface area contributed by atoms with Gasteiger partial charge in [0.1, 0.15) is 28.8 Å². The predicted octanol–water partition coefficient (Wildman–Crippen LogP) is 7.01. The summed E-state index contributed by atoms with van der Waals surface area (Å²) in [4.78, 5) is 0. The zero-order valence-corrected chi connectivity index (χ0v) is 17.2. The Labute approximate surface area is 186 Å². The van der Waals surface area contributed by atoms with Crippen LogP contribution in [0.3, 0.4) is 0 Å². The molecule has 0 atom stereocenters. The normalized spacial score (nSPS) is 10.8. The van der Waals surface area contributed by atoms with Gasteiger partial charge in [-0.25, -0.2) is 17.6 Å². The Bertz CT molecular complexity index is 1250. The summed E-state index contributed by atoms with van der Waals surface area (Å²) in [5, 5.41) is 0. The summed E-state index contributed by atoms with van der Waals surface area (Å²) in [7, 11) is 0. The van der Waals surface area contributed by atoms with Crippen LogP contribution in [-0.4, -0.2) is 0 Å². The van der Waals surface area contributed by atoms with Crippen molar-refractivity contribution in [2.45, 2.75) is 25.9 Å². The van der Waals surface area contributed by atoms with Crippen LogP contribution in [0.4, 0.5) is 30.7 Å². The lowest BCUT2D eigenvalue weighted by Crippen LogP contribution is -2.11. The van der Waals surface area contributed by atoms with Crippen LogP contribution in [0, 0.1) is 47.0 Å². The molecule has 7 heteroatoms. The highest BCUT2D eigenvalue weighted by Gasteiger charge is 2.37. The maximum Gasteiger partial charge on any atom is 0.422 e. The minimum Gasteiger partial charge on any atom is -0.206 e. The van der Waals surface area contributed by atoms with Gasteiger partial charge in [0.05, 0.1) is 5.56 Å². The fraction of sp³-hybridized carbons (Fsp3) is 0.154. The molecule has 0 aromatic heterocycles. The highest BCUT2D eigenvalue weighted by molar-refractivity contribution is 5.49. The molecule has 0 aliphatic rings. The van der Waals surface area contributed by atoms with Crippen molar-refractivity contribution in [3.05, 3.63) is 105 Å². The summed E-state index contributed by atoms with van der Waals surface area (Å²) >= 11 is 0. The molecule has 0 unspecified atom stereocenters. The van der Waals surface area contributed by atoms with Crippen molar-refractivity contribution in [2.24, 2.45) is 0 Å². The summed E-state index contributed by atoms with van der Waals surface area (Å²) < 4.78 is 93.4. The number of hydrogen-bond acceptors (Lipinski definition) is 0. The van der Waals surface area contributed by atoms with Crippen molar-refractivity contribution in [1.29, 1.82) is 0 Å². The zero-order chi connectivity index (χ0) is 24.2. The van der Waals surface area contributed by atoms with E-state index in [4.69, 9.17) is 0 Å². The van der Waals surface area contributed by atoms with Gasteiger partial charge in [0, 0.05) is 16.7 Å². The third kappa shape index (κ3) is 5.96. The Morgan fingerprint density at radius 1 is 0.636 bits per heavy atom. The lowest BCUT2D eigenvalue weighted by Gasteiger charge is -2.09. The van der Waals surface area contributed by atoms with Crippen LogP contribution in [0.2, 0.25) is 0 Å². The van der Waals surface area contributed by atoms with Gasteiger partial charge in [0.15, 0.2) is 0 Å². The van der Waals surface area contributed by atoms with Gasteiger partial charge in [0.25, 0.3) is 0 Å². The maximum absolute atomic E-state index is 14.1. The van der Waals surface area contributed by atoms with E-state index < -0.39 is 35.0 Å². The predicted molar refractivity (Wildman–Crippen MR) is 110 cm³/mol. The Morgan fingerprint density at radius 3 is 1.55 bits per heavy atom. The van der Waals surface area contributed by atoms with E-state index in [1.807, 2.05) is 6.92 Å². The number of aryl methyl sites for hydroxylation is 1. The van der Waals surface area contributed by atoms with E-state index in [-0.39, 0.29) is 11.1 Å². The highest BCUT2D eigenvalue weighted by atomic mass is 19.4. The van der Waals surface area contributed by atoms with E-state index in [1.165, 1.54) is 36.4 Å². The third-order valence-electron chi connectivity index (χ3n) is 4.53. The summed E-state index contributed by atoms with van der Waals surface area (Å²) in [6, 6.07) is 9.57. The van der Waals surface area contributed by atoms with Crippen molar-refractivity contribution in [3.63, 3.8) is 0 Å². The first kappa shape index (κ1) is 23.9. The van der Waals surface area contributed by atoms with Gasteiger partial charge >= 0.3 is 6.18 Å². The number of halogens is 7. The molecule has 3 aromatic rings. The molecule has 0 radical (unpaired) electrons. The summed E-state index contributed by atoms with van der Waals surface area (Å²) in [5.41, 5.74) is -1.20. The molecule has 3 aromatic carbocycles. The molecule has 168 valence electrons. The van der Waals surface area contributed by atoms with Gasteiger partial charge in [-0.05, 0) is 60.5 Å². The van der Waals surface area contributed by atoms with Crippen LogP contribution in [-0.2, 0) is 12.6 Å². The quantitative estimate of drug-likeness (QED) is 0.285. The molecule has 0 saturated carbocycles. The van der Waals surface area contributed by atoms with Gasteiger partial charge in [-0.1, -0.05) is 37.0 Å². The first-order valence-corrected chi connectivity index (χ1v) is 9.76. The van der Waals surface area contributed by atoms with Crippen LogP contribution < -0.4 is 0 Å². The molecule has 3 rings (SSSR count). The largest absolute Gasteiger partial charge is 0.422 e. The summed E-state index contributed by atoms with van der Waals surface area (Å²) in [5.74, 6) is 5.09. The smallest absolute Gasteiger partial charge is 0.206 e. The highest BCUT2D eigenvalue weighted by Crippen LogP contribution is 2.33. The summed E-state index contributed by atoms with van der Waals surface area (Å²) in [6.45, 7) is 1.90. The van der Waals surface area contributed by atoms with Crippen LogP contribution in [0.1, 0.15) is 46.7 Å². The van der Waals surface area contributed by atoms with E-state index in [0.29, 0.717) is 35.2 Å². The minimum absolute atomic E-state index is 0.265. The van der Waals surface area contributed by atoms with Gasteiger partial charge in [-0.3, -0.25) is 0 Å². The molecule has 33 heavy (non-hydrogen) atoms. The molecule has 0 spiro atoms. The molecule has 0 fully saturated rings. The molecule has 0 nitrogen and oxygen atoms in total. The van der Waals surface area contributed by atoms with Crippen LogP contribution >= 0.6 is 0 Å². The Morgan fingerprint density at radius 2 is 1.09 bits per heavy atom. The van der Waals surface area contributed by atoms with Gasteiger partial charge in [0.2, 0.25) is 0 Å². The minimum atomic E-state index is -5.15.